The van der Waals surface area contributed by atoms with Crippen molar-refractivity contribution >= 4 is 9.04 Å². The van der Waals surface area contributed by atoms with Crippen LogP contribution in [-0.2, 0) is 11.0 Å². The fraction of sp³-hybridized carbons (Fsp3) is 0.600. The van der Waals surface area contributed by atoms with E-state index < -0.39 is 9.04 Å². The topological polar surface area (TPSA) is 21.3 Å². The Morgan fingerprint density at radius 3 is 2.28 bits per heavy atom. The molecule has 1 atom stereocenters. The van der Waals surface area contributed by atoms with Gasteiger partial charge in [0.15, 0.2) is 0 Å². The van der Waals surface area contributed by atoms with Crippen molar-refractivity contribution in [2.75, 3.05) is 6.54 Å². The largest absolute Gasteiger partial charge is 0.412 e. The highest BCUT2D eigenvalue weighted by Crippen LogP contribution is 2.22. The van der Waals surface area contributed by atoms with E-state index >= 15 is 0 Å². The highest BCUT2D eigenvalue weighted by atomic mass is 28.3. The first-order chi connectivity index (χ1) is 8.39. The van der Waals surface area contributed by atoms with Gasteiger partial charge in [-0.05, 0) is 24.1 Å². The second kappa shape index (κ2) is 7.07. The van der Waals surface area contributed by atoms with E-state index in [1.165, 1.54) is 5.56 Å². The lowest BCUT2D eigenvalue weighted by Gasteiger charge is -2.32. The number of rotatable bonds is 6. The first-order valence-corrected chi connectivity index (χ1v) is 9.02. The van der Waals surface area contributed by atoms with Crippen molar-refractivity contribution in [1.29, 1.82) is 0 Å². The predicted molar refractivity (Wildman–Crippen MR) is 80.0 cm³/mol. The van der Waals surface area contributed by atoms with Crippen LogP contribution in [0.2, 0.25) is 13.1 Å². The Kier molecular flexibility index (Phi) is 6.06. The number of hydrogen-bond acceptors (Lipinski definition) is 2. The van der Waals surface area contributed by atoms with Crippen molar-refractivity contribution in [2.45, 2.75) is 46.5 Å². The Morgan fingerprint density at radius 2 is 1.78 bits per heavy atom. The van der Waals surface area contributed by atoms with E-state index in [2.05, 4.69) is 63.4 Å². The molecule has 0 saturated heterocycles. The van der Waals surface area contributed by atoms with Crippen molar-refractivity contribution in [3.05, 3.63) is 35.9 Å². The van der Waals surface area contributed by atoms with Crippen LogP contribution in [0.25, 0.3) is 0 Å². The Labute approximate surface area is 113 Å². The quantitative estimate of drug-likeness (QED) is 0.795. The van der Waals surface area contributed by atoms with Crippen molar-refractivity contribution < 1.29 is 4.43 Å². The molecule has 0 heterocycles. The zero-order chi connectivity index (χ0) is 13.6. The fourth-order valence-corrected chi connectivity index (χ4v) is 2.76. The Bertz CT molecular complexity index is 332. The van der Waals surface area contributed by atoms with E-state index in [0.29, 0.717) is 0 Å². The maximum Gasteiger partial charge on any atom is 0.205 e. The number of hydrogen-bond donors (Lipinski definition) is 1. The predicted octanol–water partition coefficient (Wildman–Crippen LogP) is 3.46. The van der Waals surface area contributed by atoms with Gasteiger partial charge in [-0.1, -0.05) is 51.1 Å². The van der Waals surface area contributed by atoms with Gasteiger partial charge in [-0.2, -0.15) is 0 Å². The maximum absolute atomic E-state index is 6.09. The smallest absolute Gasteiger partial charge is 0.205 e. The van der Waals surface area contributed by atoms with Gasteiger partial charge in [0.25, 0.3) is 0 Å². The summed E-state index contributed by atoms with van der Waals surface area (Å²) >= 11 is 0. The third-order valence-corrected chi connectivity index (χ3v) is 3.60. The molecule has 1 N–H and O–H groups in total. The van der Waals surface area contributed by atoms with Gasteiger partial charge in [0.1, 0.15) is 0 Å². The van der Waals surface area contributed by atoms with Crippen LogP contribution in [0, 0.1) is 5.41 Å². The minimum Gasteiger partial charge on any atom is -0.412 e. The van der Waals surface area contributed by atoms with E-state index in [4.69, 9.17) is 4.43 Å². The third kappa shape index (κ3) is 5.80. The van der Waals surface area contributed by atoms with E-state index in [1.807, 2.05) is 6.07 Å². The first-order valence-electron chi connectivity index (χ1n) is 6.61. The molecule has 1 rings (SSSR count). The molecule has 0 aliphatic carbocycles. The number of benzene rings is 1. The molecule has 1 unspecified atom stereocenters. The molecule has 2 nitrogen and oxygen atoms in total. The molecule has 0 bridgehead atoms. The molecule has 18 heavy (non-hydrogen) atoms. The minimum absolute atomic E-state index is 0.186. The van der Waals surface area contributed by atoms with Gasteiger partial charge in [-0.25, -0.2) is 0 Å². The van der Waals surface area contributed by atoms with Crippen molar-refractivity contribution in [3.8, 4) is 0 Å². The summed E-state index contributed by atoms with van der Waals surface area (Å²) in [5.41, 5.74) is 1.51. The third-order valence-electron chi connectivity index (χ3n) is 2.85. The molecular formula is C15H26NOSi. The molecule has 0 aromatic heterocycles. The second-order valence-corrected chi connectivity index (χ2v) is 8.05. The molecule has 0 fully saturated rings. The fourth-order valence-electron chi connectivity index (χ4n) is 1.75. The van der Waals surface area contributed by atoms with Gasteiger partial charge >= 0.3 is 0 Å². The molecule has 0 aliphatic rings. The van der Waals surface area contributed by atoms with E-state index in [0.717, 1.165) is 13.1 Å². The maximum atomic E-state index is 6.09. The summed E-state index contributed by atoms with van der Waals surface area (Å²) in [5.74, 6) is 0. The Morgan fingerprint density at radius 1 is 1.17 bits per heavy atom. The summed E-state index contributed by atoms with van der Waals surface area (Å²) in [7, 11) is -0.650. The van der Waals surface area contributed by atoms with Crippen molar-refractivity contribution in [3.63, 3.8) is 0 Å². The average molecular weight is 264 g/mol. The summed E-state index contributed by atoms with van der Waals surface area (Å²) in [6.07, 6.45) is 0.283. The van der Waals surface area contributed by atoms with Crippen LogP contribution in [0.1, 0.15) is 26.3 Å². The number of nitrogens with one attached hydrogen (secondary N) is 1. The van der Waals surface area contributed by atoms with Crippen molar-refractivity contribution in [1.82, 2.24) is 5.32 Å². The molecule has 101 valence electrons. The van der Waals surface area contributed by atoms with Crippen LogP contribution in [0.3, 0.4) is 0 Å². The molecule has 0 saturated carbocycles. The standard InChI is InChI=1S/C15H26NOSi/c1-15(2,3)14(17-18(4)5)12-16-11-13-9-7-6-8-10-13/h6-10,14,16H,11-12H2,1-5H3. The van der Waals surface area contributed by atoms with Crippen LogP contribution in [0.5, 0.6) is 0 Å². The second-order valence-electron chi connectivity index (χ2n) is 6.00. The van der Waals surface area contributed by atoms with E-state index in [-0.39, 0.29) is 11.5 Å². The van der Waals surface area contributed by atoms with E-state index in [9.17, 15) is 0 Å². The van der Waals surface area contributed by atoms with Gasteiger partial charge < -0.3 is 9.74 Å². The van der Waals surface area contributed by atoms with Gasteiger partial charge in [0.05, 0.1) is 6.10 Å². The molecule has 0 amide bonds. The van der Waals surface area contributed by atoms with Crippen LogP contribution in [0.4, 0.5) is 0 Å². The van der Waals surface area contributed by atoms with Crippen molar-refractivity contribution in [2.24, 2.45) is 5.41 Å². The lowest BCUT2D eigenvalue weighted by molar-refractivity contribution is 0.0854. The summed E-state index contributed by atoms with van der Waals surface area (Å²) in [4.78, 5) is 0. The van der Waals surface area contributed by atoms with Gasteiger partial charge in [-0.3, -0.25) is 0 Å². The summed E-state index contributed by atoms with van der Waals surface area (Å²) in [6.45, 7) is 12.9. The van der Waals surface area contributed by atoms with E-state index in [1.54, 1.807) is 0 Å². The summed E-state index contributed by atoms with van der Waals surface area (Å²) in [5, 5.41) is 3.50. The Hall–Kier alpha value is -0.643. The first kappa shape index (κ1) is 15.4. The summed E-state index contributed by atoms with van der Waals surface area (Å²) < 4.78 is 6.09. The average Bonchev–Trinajstić information content (AvgIpc) is 2.27. The Balaban J connectivity index is 2.43. The molecular weight excluding hydrogens is 238 g/mol. The highest BCUT2D eigenvalue weighted by molar-refractivity contribution is 6.48. The SMILES string of the molecule is C[Si](C)OC(CNCc1ccccc1)C(C)(C)C. The molecule has 3 heteroatoms. The van der Waals surface area contributed by atoms with Gasteiger partial charge in [-0.15, -0.1) is 0 Å². The van der Waals surface area contributed by atoms with Crippen LogP contribution in [0.15, 0.2) is 30.3 Å². The molecule has 0 aliphatic heterocycles. The zero-order valence-electron chi connectivity index (χ0n) is 12.3. The highest BCUT2D eigenvalue weighted by Gasteiger charge is 2.25. The molecule has 0 spiro atoms. The molecule has 1 aromatic carbocycles. The van der Waals surface area contributed by atoms with Crippen LogP contribution in [-0.4, -0.2) is 21.7 Å². The molecule has 1 radical (unpaired) electrons. The normalized spacial score (nSPS) is 13.9. The minimum atomic E-state index is -0.650. The zero-order valence-corrected chi connectivity index (χ0v) is 13.3. The monoisotopic (exact) mass is 264 g/mol. The molecule has 1 aromatic rings. The van der Waals surface area contributed by atoms with Gasteiger partial charge in [0.2, 0.25) is 9.04 Å². The lowest BCUT2D eigenvalue weighted by Crippen LogP contribution is -2.41. The van der Waals surface area contributed by atoms with Crippen LogP contribution >= 0.6 is 0 Å². The van der Waals surface area contributed by atoms with Crippen LogP contribution < -0.4 is 5.32 Å². The van der Waals surface area contributed by atoms with Gasteiger partial charge in [0, 0.05) is 13.1 Å². The lowest BCUT2D eigenvalue weighted by atomic mass is 9.89. The summed E-state index contributed by atoms with van der Waals surface area (Å²) in [6, 6.07) is 10.5.